The van der Waals surface area contributed by atoms with Gasteiger partial charge < -0.3 is 4.74 Å². The van der Waals surface area contributed by atoms with Crippen LogP contribution in [0.4, 0.5) is 4.39 Å². The van der Waals surface area contributed by atoms with E-state index in [2.05, 4.69) is 31.9 Å². The summed E-state index contributed by atoms with van der Waals surface area (Å²) in [5.74, 6) is -0.00566. The highest BCUT2D eigenvalue weighted by Gasteiger charge is 2.13. The first-order valence-electron chi connectivity index (χ1n) is 5.18. The molecule has 1 nitrogen and oxygen atoms in total. The fourth-order valence-corrected chi connectivity index (χ4v) is 2.74. The van der Waals surface area contributed by atoms with Crippen LogP contribution < -0.4 is 4.74 Å². The molecule has 0 saturated heterocycles. The smallest absolute Gasteiger partial charge is 0.167 e. The summed E-state index contributed by atoms with van der Waals surface area (Å²) in [7, 11) is 0. The Morgan fingerprint density at radius 2 is 1.89 bits per heavy atom. The molecule has 0 bridgehead atoms. The van der Waals surface area contributed by atoms with Gasteiger partial charge in [-0.1, -0.05) is 51.3 Å². The summed E-state index contributed by atoms with van der Waals surface area (Å²) in [6, 6.07) is 7.86. The van der Waals surface area contributed by atoms with Gasteiger partial charge in [-0.3, -0.25) is 0 Å². The van der Waals surface area contributed by atoms with Gasteiger partial charge >= 0.3 is 0 Å². The second-order valence-electron chi connectivity index (χ2n) is 3.66. The summed E-state index contributed by atoms with van der Waals surface area (Å²) in [4.78, 5) is 0. The molecule has 0 radical (unpaired) electrons. The molecule has 19 heavy (non-hydrogen) atoms. The predicted octanol–water partition coefficient (Wildman–Crippen LogP) is 6.58. The van der Waals surface area contributed by atoms with Crippen LogP contribution in [0.2, 0.25) is 10.0 Å². The molecule has 0 unspecified atom stereocenters. The highest BCUT2D eigenvalue weighted by Crippen LogP contribution is 2.38. The average molecular weight is 429 g/mol. The molecular weight excluding hydrogens is 422 g/mol. The fraction of sp³-hybridized carbons (Fsp3) is 0.0769. The van der Waals surface area contributed by atoms with Gasteiger partial charge in [-0.15, -0.1) is 0 Å². The van der Waals surface area contributed by atoms with Crippen LogP contribution in [0, 0.1) is 5.82 Å². The predicted molar refractivity (Wildman–Crippen MR) is 83.3 cm³/mol. The van der Waals surface area contributed by atoms with Crippen molar-refractivity contribution in [1.29, 1.82) is 0 Å². The topological polar surface area (TPSA) is 9.23 Å². The molecule has 2 aromatic carbocycles. The van der Waals surface area contributed by atoms with Crippen LogP contribution in [0.25, 0.3) is 0 Å². The number of para-hydroxylation sites is 1. The monoisotopic (exact) mass is 426 g/mol. The number of alkyl halides is 1. The lowest BCUT2D eigenvalue weighted by Gasteiger charge is -2.12. The van der Waals surface area contributed by atoms with Crippen LogP contribution in [0.15, 0.2) is 34.8 Å². The van der Waals surface area contributed by atoms with E-state index in [1.165, 1.54) is 6.07 Å². The molecular formula is C13H7Br2Cl2FO. The van der Waals surface area contributed by atoms with Gasteiger partial charge in [0.05, 0.1) is 10.0 Å². The highest BCUT2D eigenvalue weighted by atomic mass is 79.9. The van der Waals surface area contributed by atoms with Crippen LogP contribution in [0.5, 0.6) is 11.5 Å². The van der Waals surface area contributed by atoms with Crippen molar-refractivity contribution in [3.05, 3.63) is 56.2 Å². The summed E-state index contributed by atoms with van der Waals surface area (Å²) in [6.45, 7) is 0. The lowest BCUT2D eigenvalue weighted by molar-refractivity contribution is 0.438. The van der Waals surface area contributed by atoms with Crippen LogP contribution >= 0.6 is 55.1 Å². The van der Waals surface area contributed by atoms with Crippen molar-refractivity contribution in [3.63, 3.8) is 0 Å². The minimum atomic E-state index is -0.452. The van der Waals surface area contributed by atoms with Gasteiger partial charge in [-0.05, 0) is 28.1 Å². The molecule has 0 fully saturated rings. The lowest BCUT2D eigenvalue weighted by atomic mass is 10.2. The van der Waals surface area contributed by atoms with E-state index in [-0.39, 0.29) is 5.75 Å². The van der Waals surface area contributed by atoms with Gasteiger partial charge in [0, 0.05) is 21.4 Å². The summed E-state index contributed by atoms with van der Waals surface area (Å²) in [5, 5.41) is 1.26. The molecule has 2 aromatic rings. The van der Waals surface area contributed by atoms with Crippen molar-refractivity contribution < 1.29 is 9.13 Å². The quantitative estimate of drug-likeness (QED) is 0.396. The van der Waals surface area contributed by atoms with Crippen molar-refractivity contribution in [2.75, 3.05) is 0 Å². The van der Waals surface area contributed by atoms with Gasteiger partial charge in [-0.2, -0.15) is 0 Å². The number of halogens is 5. The maximum absolute atomic E-state index is 13.8. The molecule has 0 atom stereocenters. The Hall–Kier alpha value is -0.290. The second-order valence-corrected chi connectivity index (χ2v) is 5.89. The first-order chi connectivity index (χ1) is 9.02. The number of benzene rings is 2. The normalized spacial score (nSPS) is 10.6. The SMILES string of the molecule is Fc1cccc(CBr)c1Oc1cc(Cl)c(Br)cc1Cl. The number of hydrogen-bond acceptors (Lipinski definition) is 1. The molecule has 0 heterocycles. The van der Waals surface area contributed by atoms with Gasteiger partial charge in [0.25, 0.3) is 0 Å². The third-order valence-electron chi connectivity index (χ3n) is 2.38. The minimum absolute atomic E-state index is 0.139. The first-order valence-corrected chi connectivity index (χ1v) is 7.85. The molecule has 0 aliphatic heterocycles. The molecule has 0 aliphatic carbocycles. The van der Waals surface area contributed by atoms with Gasteiger partial charge in [0.15, 0.2) is 11.6 Å². The van der Waals surface area contributed by atoms with Crippen molar-refractivity contribution in [2.45, 2.75) is 5.33 Å². The average Bonchev–Trinajstić information content (AvgIpc) is 2.38. The summed E-state index contributed by atoms with van der Waals surface area (Å²) >= 11 is 18.6. The molecule has 0 spiro atoms. The van der Waals surface area contributed by atoms with Crippen molar-refractivity contribution in [3.8, 4) is 11.5 Å². The first kappa shape index (κ1) is 15.1. The summed E-state index contributed by atoms with van der Waals surface area (Å²) < 4.78 is 20.0. The lowest BCUT2D eigenvalue weighted by Crippen LogP contribution is -1.94. The number of hydrogen-bond donors (Lipinski definition) is 0. The maximum Gasteiger partial charge on any atom is 0.167 e. The Kier molecular flexibility index (Phi) is 5.12. The van der Waals surface area contributed by atoms with Crippen LogP contribution in [-0.2, 0) is 5.33 Å². The molecule has 0 aliphatic rings. The highest BCUT2D eigenvalue weighted by molar-refractivity contribution is 9.10. The van der Waals surface area contributed by atoms with E-state index in [9.17, 15) is 4.39 Å². The fourth-order valence-electron chi connectivity index (χ4n) is 1.47. The van der Waals surface area contributed by atoms with E-state index in [0.29, 0.717) is 31.2 Å². The van der Waals surface area contributed by atoms with Crippen molar-refractivity contribution in [2.24, 2.45) is 0 Å². The molecule has 0 N–H and O–H groups in total. The van der Waals surface area contributed by atoms with Crippen molar-refractivity contribution >= 4 is 55.1 Å². The Morgan fingerprint density at radius 3 is 2.58 bits per heavy atom. The third kappa shape index (κ3) is 3.43. The Morgan fingerprint density at radius 1 is 1.16 bits per heavy atom. The van der Waals surface area contributed by atoms with E-state index in [1.807, 2.05) is 0 Å². The van der Waals surface area contributed by atoms with E-state index >= 15 is 0 Å². The zero-order chi connectivity index (χ0) is 14.0. The largest absolute Gasteiger partial charge is 0.452 e. The zero-order valence-electron chi connectivity index (χ0n) is 9.39. The van der Waals surface area contributed by atoms with Crippen LogP contribution in [0.1, 0.15) is 5.56 Å². The van der Waals surface area contributed by atoms with Gasteiger partial charge in [0.1, 0.15) is 5.75 Å². The molecule has 2 rings (SSSR count). The maximum atomic E-state index is 13.8. The van der Waals surface area contributed by atoms with E-state index in [4.69, 9.17) is 27.9 Å². The van der Waals surface area contributed by atoms with E-state index < -0.39 is 5.82 Å². The summed E-state index contributed by atoms with van der Waals surface area (Å²) in [5.41, 5.74) is 0.690. The molecule has 6 heteroatoms. The third-order valence-corrected chi connectivity index (χ3v) is 4.48. The Labute approximate surface area is 136 Å². The zero-order valence-corrected chi connectivity index (χ0v) is 14.1. The van der Waals surface area contributed by atoms with Crippen LogP contribution in [0.3, 0.4) is 0 Å². The molecule has 0 amide bonds. The van der Waals surface area contributed by atoms with E-state index in [1.54, 1.807) is 24.3 Å². The Balaban J connectivity index is 2.44. The number of rotatable bonds is 3. The van der Waals surface area contributed by atoms with Crippen LogP contribution in [-0.4, -0.2) is 0 Å². The van der Waals surface area contributed by atoms with E-state index in [0.717, 1.165) is 0 Å². The standard InChI is InChI=1S/C13H7Br2Cl2FO/c14-6-7-2-1-3-11(18)13(7)19-12-5-9(16)8(15)4-10(12)17/h1-5H,6H2. The van der Waals surface area contributed by atoms with Gasteiger partial charge in [0.2, 0.25) is 0 Å². The Bertz CT molecular complexity index is 620. The van der Waals surface area contributed by atoms with Crippen molar-refractivity contribution in [1.82, 2.24) is 0 Å². The molecule has 0 aromatic heterocycles. The second kappa shape index (κ2) is 6.44. The summed E-state index contributed by atoms with van der Waals surface area (Å²) in [6.07, 6.45) is 0. The minimum Gasteiger partial charge on any atom is -0.452 e. The van der Waals surface area contributed by atoms with Gasteiger partial charge in [-0.25, -0.2) is 4.39 Å². The molecule has 0 saturated carbocycles. The number of ether oxygens (including phenoxy) is 1. The molecule has 100 valence electrons.